The fourth-order valence-electron chi connectivity index (χ4n) is 2.86. The van der Waals surface area contributed by atoms with Crippen molar-refractivity contribution >= 4 is 11.7 Å². The number of rotatable bonds is 4. The van der Waals surface area contributed by atoms with Gasteiger partial charge >= 0.3 is 0 Å². The van der Waals surface area contributed by atoms with Crippen LogP contribution in [0, 0.1) is 5.82 Å². The van der Waals surface area contributed by atoms with Gasteiger partial charge in [0.2, 0.25) is 5.91 Å². The van der Waals surface area contributed by atoms with Gasteiger partial charge in [-0.15, -0.1) is 0 Å². The van der Waals surface area contributed by atoms with Gasteiger partial charge in [0.25, 0.3) is 0 Å². The van der Waals surface area contributed by atoms with Crippen molar-refractivity contribution in [3.8, 4) is 5.69 Å². The van der Waals surface area contributed by atoms with Gasteiger partial charge in [0, 0.05) is 24.0 Å². The second-order valence-corrected chi connectivity index (χ2v) is 5.87. The molecule has 1 N–H and O–H groups in total. The predicted molar refractivity (Wildman–Crippen MR) is 87.3 cm³/mol. The Kier molecular flexibility index (Phi) is 3.37. The van der Waals surface area contributed by atoms with Gasteiger partial charge in [0.1, 0.15) is 5.82 Å². The Hall–Kier alpha value is -3.02. The summed E-state index contributed by atoms with van der Waals surface area (Å²) in [5.74, 6) is -0.226. The van der Waals surface area contributed by atoms with Crippen molar-refractivity contribution in [1.82, 2.24) is 14.8 Å². The fourth-order valence-corrected chi connectivity index (χ4v) is 2.86. The number of amides is 1. The van der Waals surface area contributed by atoms with E-state index in [1.54, 1.807) is 23.0 Å². The molecule has 0 aliphatic heterocycles. The standard InChI is InChI=1S/C18H15FN4O/c19-15-12-20-10-6-14(15)18(8-9-18)17(24)21-16-7-11-23(22-16)13-4-2-1-3-5-13/h1-7,10-12H,8-9H2,(H,21,22,24). The third-order valence-corrected chi connectivity index (χ3v) is 4.32. The summed E-state index contributed by atoms with van der Waals surface area (Å²) in [6.07, 6.45) is 5.68. The van der Waals surface area contributed by atoms with Crippen molar-refractivity contribution in [3.05, 3.63) is 72.4 Å². The second kappa shape index (κ2) is 5.56. The van der Waals surface area contributed by atoms with Gasteiger partial charge in [0.15, 0.2) is 5.82 Å². The number of hydrogen-bond donors (Lipinski definition) is 1. The van der Waals surface area contributed by atoms with Crippen LogP contribution in [-0.4, -0.2) is 20.7 Å². The van der Waals surface area contributed by atoms with E-state index in [2.05, 4.69) is 15.4 Å². The minimum absolute atomic E-state index is 0.231. The molecule has 1 aliphatic carbocycles. The fraction of sp³-hybridized carbons (Fsp3) is 0.167. The van der Waals surface area contributed by atoms with E-state index in [9.17, 15) is 9.18 Å². The first-order valence-corrected chi connectivity index (χ1v) is 7.72. The van der Waals surface area contributed by atoms with Crippen LogP contribution in [0.25, 0.3) is 5.69 Å². The van der Waals surface area contributed by atoms with Crippen molar-refractivity contribution in [2.45, 2.75) is 18.3 Å². The first-order valence-electron chi connectivity index (χ1n) is 7.72. The highest BCUT2D eigenvalue weighted by atomic mass is 19.1. The lowest BCUT2D eigenvalue weighted by molar-refractivity contribution is -0.118. The van der Waals surface area contributed by atoms with Crippen molar-refractivity contribution in [3.63, 3.8) is 0 Å². The maximum Gasteiger partial charge on any atom is 0.236 e. The number of pyridine rings is 1. The van der Waals surface area contributed by atoms with Crippen LogP contribution < -0.4 is 5.32 Å². The summed E-state index contributed by atoms with van der Waals surface area (Å²) < 4.78 is 15.7. The summed E-state index contributed by atoms with van der Waals surface area (Å²) in [6, 6.07) is 12.9. The molecule has 1 fully saturated rings. The van der Waals surface area contributed by atoms with Crippen LogP contribution in [0.15, 0.2) is 61.1 Å². The number of para-hydroxylation sites is 1. The molecular weight excluding hydrogens is 307 g/mol. The van der Waals surface area contributed by atoms with Gasteiger partial charge in [-0.2, -0.15) is 5.10 Å². The second-order valence-electron chi connectivity index (χ2n) is 5.87. The SMILES string of the molecule is O=C(Nc1ccn(-c2ccccc2)n1)C1(c2ccncc2F)CC1. The lowest BCUT2D eigenvalue weighted by Gasteiger charge is -2.15. The molecule has 4 rings (SSSR count). The molecular formula is C18H15FN4O. The van der Waals surface area contributed by atoms with Gasteiger partial charge in [0.05, 0.1) is 17.3 Å². The van der Waals surface area contributed by atoms with E-state index in [1.165, 1.54) is 6.20 Å². The summed E-state index contributed by atoms with van der Waals surface area (Å²) >= 11 is 0. The maximum atomic E-state index is 14.0. The number of carbonyl (C=O) groups excluding carboxylic acids is 1. The normalized spacial score (nSPS) is 15.0. The molecule has 2 aromatic heterocycles. The Morgan fingerprint density at radius 3 is 2.67 bits per heavy atom. The highest BCUT2D eigenvalue weighted by Crippen LogP contribution is 2.49. The highest BCUT2D eigenvalue weighted by molar-refractivity contribution is 6.00. The van der Waals surface area contributed by atoms with Crippen molar-refractivity contribution in [1.29, 1.82) is 0 Å². The first-order chi connectivity index (χ1) is 11.7. The Labute approximate surface area is 138 Å². The number of aromatic nitrogens is 3. The number of benzene rings is 1. The van der Waals surface area contributed by atoms with Crippen LogP contribution in [0.5, 0.6) is 0 Å². The van der Waals surface area contributed by atoms with Gasteiger partial charge in [-0.05, 0) is 31.0 Å². The zero-order valence-electron chi connectivity index (χ0n) is 12.8. The molecule has 0 bridgehead atoms. The molecule has 0 radical (unpaired) electrons. The quantitative estimate of drug-likeness (QED) is 0.803. The van der Waals surface area contributed by atoms with Crippen molar-refractivity contribution in [2.24, 2.45) is 0 Å². The molecule has 0 atom stereocenters. The average molecular weight is 322 g/mol. The Morgan fingerprint density at radius 2 is 1.96 bits per heavy atom. The Bertz CT molecular complexity index is 887. The summed E-state index contributed by atoms with van der Waals surface area (Å²) in [6.45, 7) is 0. The minimum Gasteiger partial charge on any atom is -0.308 e. The van der Waals surface area contributed by atoms with E-state index in [0.29, 0.717) is 24.2 Å². The number of hydrogen-bond acceptors (Lipinski definition) is 3. The average Bonchev–Trinajstić information content (AvgIpc) is 3.29. The lowest BCUT2D eigenvalue weighted by atomic mass is 9.95. The zero-order valence-corrected chi connectivity index (χ0v) is 12.8. The van der Waals surface area contributed by atoms with Crippen LogP contribution in [0.3, 0.4) is 0 Å². The van der Waals surface area contributed by atoms with E-state index < -0.39 is 11.2 Å². The van der Waals surface area contributed by atoms with Crippen LogP contribution >= 0.6 is 0 Å². The number of anilines is 1. The molecule has 1 aromatic carbocycles. The zero-order chi connectivity index (χ0) is 16.6. The molecule has 0 unspecified atom stereocenters. The van der Waals surface area contributed by atoms with E-state index >= 15 is 0 Å². The molecule has 5 nitrogen and oxygen atoms in total. The predicted octanol–water partition coefficient (Wildman–Crippen LogP) is 3.08. The van der Waals surface area contributed by atoms with E-state index in [0.717, 1.165) is 11.9 Å². The number of nitrogens with zero attached hydrogens (tertiary/aromatic N) is 3. The van der Waals surface area contributed by atoms with Crippen molar-refractivity contribution < 1.29 is 9.18 Å². The monoisotopic (exact) mass is 322 g/mol. The first kappa shape index (κ1) is 14.6. The van der Waals surface area contributed by atoms with Gasteiger partial charge in [-0.1, -0.05) is 18.2 Å². The number of nitrogens with one attached hydrogen (secondary N) is 1. The summed E-state index contributed by atoms with van der Waals surface area (Å²) in [5, 5.41) is 7.16. The minimum atomic E-state index is -0.802. The molecule has 2 heterocycles. The third kappa shape index (κ3) is 2.46. The van der Waals surface area contributed by atoms with E-state index in [1.807, 2.05) is 30.3 Å². The van der Waals surface area contributed by atoms with E-state index in [-0.39, 0.29) is 5.91 Å². The molecule has 24 heavy (non-hydrogen) atoms. The van der Waals surface area contributed by atoms with Crippen LogP contribution in [0.4, 0.5) is 10.2 Å². The molecule has 1 saturated carbocycles. The van der Waals surface area contributed by atoms with Gasteiger partial charge < -0.3 is 5.32 Å². The molecule has 3 aromatic rings. The number of carbonyl (C=O) groups is 1. The van der Waals surface area contributed by atoms with Gasteiger partial charge in [-0.25, -0.2) is 9.07 Å². The summed E-state index contributed by atoms with van der Waals surface area (Å²) in [5.41, 5.74) is 0.501. The lowest BCUT2D eigenvalue weighted by Crippen LogP contribution is -2.29. The highest BCUT2D eigenvalue weighted by Gasteiger charge is 2.53. The van der Waals surface area contributed by atoms with E-state index in [4.69, 9.17) is 0 Å². The summed E-state index contributed by atoms with van der Waals surface area (Å²) in [7, 11) is 0. The summed E-state index contributed by atoms with van der Waals surface area (Å²) in [4.78, 5) is 16.4. The maximum absolute atomic E-state index is 14.0. The molecule has 6 heteroatoms. The third-order valence-electron chi connectivity index (χ3n) is 4.32. The topological polar surface area (TPSA) is 59.8 Å². The van der Waals surface area contributed by atoms with Crippen LogP contribution in [0.1, 0.15) is 18.4 Å². The molecule has 0 saturated heterocycles. The Balaban J connectivity index is 1.55. The van der Waals surface area contributed by atoms with Crippen LogP contribution in [-0.2, 0) is 10.2 Å². The molecule has 1 aliphatic rings. The molecule has 120 valence electrons. The van der Waals surface area contributed by atoms with Gasteiger partial charge in [-0.3, -0.25) is 9.78 Å². The molecule has 1 amide bonds. The smallest absolute Gasteiger partial charge is 0.236 e. The van der Waals surface area contributed by atoms with Crippen molar-refractivity contribution in [2.75, 3.05) is 5.32 Å². The number of halogens is 1. The largest absolute Gasteiger partial charge is 0.308 e. The Morgan fingerprint density at radius 1 is 1.17 bits per heavy atom. The van der Waals surface area contributed by atoms with Crippen LogP contribution in [0.2, 0.25) is 0 Å². The molecule has 0 spiro atoms.